The Labute approximate surface area is 83.5 Å². The predicted octanol–water partition coefficient (Wildman–Crippen LogP) is 2.41. The highest BCUT2D eigenvalue weighted by Gasteiger charge is 2.11. The van der Waals surface area contributed by atoms with Gasteiger partial charge in [0.1, 0.15) is 0 Å². The molecule has 0 aromatic heterocycles. The molecule has 1 rings (SSSR count). The molecule has 0 unspecified atom stereocenters. The summed E-state index contributed by atoms with van der Waals surface area (Å²) >= 11 is 2.05. The minimum absolute atomic E-state index is 0.491. The number of hydrogen-bond donors (Lipinski definition) is 0. The Morgan fingerprint density at radius 1 is 1.38 bits per heavy atom. The molecule has 0 aliphatic carbocycles. The zero-order chi connectivity index (χ0) is 9.36. The van der Waals surface area contributed by atoms with Gasteiger partial charge in [-0.05, 0) is 36.7 Å². The van der Waals surface area contributed by atoms with E-state index in [0.29, 0.717) is 6.54 Å². The fourth-order valence-electron chi connectivity index (χ4n) is 1.44. The fourth-order valence-corrected chi connectivity index (χ4v) is 2.64. The van der Waals surface area contributed by atoms with Crippen molar-refractivity contribution in [3.63, 3.8) is 0 Å². The van der Waals surface area contributed by atoms with Crippen LogP contribution in [0, 0.1) is 5.92 Å². The first-order chi connectivity index (χ1) is 6.43. The van der Waals surface area contributed by atoms with Crippen molar-refractivity contribution in [2.45, 2.75) is 19.3 Å². The smallest absolute Gasteiger partial charge is 0.211 e. The molecule has 3 heteroatoms. The van der Waals surface area contributed by atoms with Gasteiger partial charge >= 0.3 is 0 Å². The third-order valence-corrected chi connectivity index (χ3v) is 3.29. The molecular weight excluding hydrogens is 182 g/mol. The molecule has 1 heterocycles. The summed E-state index contributed by atoms with van der Waals surface area (Å²) in [6, 6.07) is 0. The van der Waals surface area contributed by atoms with Crippen LogP contribution in [0.25, 0.3) is 0 Å². The molecule has 0 N–H and O–H groups in total. The number of aliphatic imine (C=N–C) groups is 1. The predicted molar refractivity (Wildman–Crippen MR) is 56.8 cm³/mol. The van der Waals surface area contributed by atoms with E-state index in [-0.39, 0.29) is 0 Å². The van der Waals surface area contributed by atoms with E-state index in [1.807, 2.05) is 6.08 Å². The fraction of sp³-hybridized carbons (Fsp3) is 0.700. The number of carbonyl (C=O) groups excluding carboxylic acids is 1. The van der Waals surface area contributed by atoms with Crippen LogP contribution < -0.4 is 0 Å². The molecule has 0 saturated carbocycles. The van der Waals surface area contributed by atoms with Gasteiger partial charge in [0, 0.05) is 0 Å². The topological polar surface area (TPSA) is 29.4 Å². The van der Waals surface area contributed by atoms with Crippen molar-refractivity contribution >= 4 is 17.8 Å². The van der Waals surface area contributed by atoms with Crippen molar-refractivity contribution < 1.29 is 4.79 Å². The van der Waals surface area contributed by atoms with Crippen molar-refractivity contribution in [1.29, 1.82) is 0 Å². The maximum atomic E-state index is 9.74. The van der Waals surface area contributed by atoms with Gasteiger partial charge in [-0.2, -0.15) is 11.8 Å². The van der Waals surface area contributed by atoms with Gasteiger partial charge in [-0.3, -0.25) is 0 Å². The standard InChI is InChI=1S/C10H15NOS/c12-9-11-6-2-1-3-10-4-7-13-8-5-10/h1-2,10H,3-8H2/b2-1-. The molecule has 1 fully saturated rings. The number of nitrogens with zero attached hydrogens (tertiary/aromatic N) is 1. The first kappa shape index (κ1) is 10.6. The van der Waals surface area contributed by atoms with Crippen LogP contribution in [0.4, 0.5) is 0 Å². The van der Waals surface area contributed by atoms with Crippen molar-refractivity contribution in [1.82, 2.24) is 0 Å². The van der Waals surface area contributed by atoms with Gasteiger partial charge in [0.25, 0.3) is 0 Å². The monoisotopic (exact) mass is 197 g/mol. The van der Waals surface area contributed by atoms with Crippen LogP contribution in [0.15, 0.2) is 17.1 Å². The Morgan fingerprint density at radius 2 is 2.15 bits per heavy atom. The summed E-state index contributed by atoms with van der Waals surface area (Å²) in [5, 5.41) is 0. The van der Waals surface area contributed by atoms with E-state index in [1.165, 1.54) is 30.4 Å². The summed E-state index contributed by atoms with van der Waals surface area (Å²) in [7, 11) is 0. The summed E-state index contributed by atoms with van der Waals surface area (Å²) in [4.78, 5) is 13.2. The minimum Gasteiger partial charge on any atom is -0.211 e. The summed E-state index contributed by atoms with van der Waals surface area (Å²) in [5.74, 6) is 3.48. The third-order valence-electron chi connectivity index (χ3n) is 2.24. The third kappa shape index (κ3) is 4.91. The first-order valence-electron chi connectivity index (χ1n) is 4.70. The van der Waals surface area contributed by atoms with E-state index in [4.69, 9.17) is 0 Å². The number of hydrogen-bond acceptors (Lipinski definition) is 3. The van der Waals surface area contributed by atoms with Crippen molar-refractivity contribution in [3.05, 3.63) is 12.2 Å². The Bertz CT molecular complexity index is 203. The van der Waals surface area contributed by atoms with Gasteiger partial charge in [-0.15, -0.1) is 0 Å². The quantitative estimate of drug-likeness (QED) is 0.393. The molecule has 72 valence electrons. The van der Waals surface area contributed by atoms with Crippen LogP contribution in [0.5, 0.6) is 0 Å². The minimum atomic E-state index is 0.491. The highest BCUT2D eigenvalue weighted by Crippen LogP contribution is 2.25. The molecule has 0 bridgehead atoms. The van der Waals surface area contributed by atoms with E-state index >= 15 is 0 Å². The highest BCUT2D eigenvalue weighted by atomic mass is 32.2. The lowest BCUT2D eigenvalue weighted by molar-refractivity contribution is 0.497. The molecule has 1 aliphatic heterocycles. The van der Waals surface area contributed by atoms with Crippen LogP contribution >= 0.6 is 11.8 Å². The second-order valence-electron chi connectivity index (χ2n) is 3.19. The van der Waals surface area contributed by atoms with Crippen molar-refractivity contribution in [2.75, 3.05) is 18.1 Å². The van der Waals surface area contributed by atoms with Crippen LogP contribution in [0.2, 0.25) is 0 Å². The van der Waals surface area contributed by atoms with Gasteiger partial charge in [0.2, 0.25) is 6.08 Å². The van der Waals surface area contributed by atoms with E-state index in [9.17, 15) is 4.79 Å². The molecule has 0 spiro atoms. The molecule has 0 radical (unpaired) electrons. The van der Waals surface area contributed by atoms with Crippen molar-refractivity contribution in [3.8, 4) is 0 Å². The number of rotatable bonds is 4. The summed E-state index contributed by atoms with van der Waals surface area (Å²) < 4.78 is 0. The zero-order valence-electron chi connectivity index (χ0n) is 7.74. The van der Waals surface area contributed by atoms with Gasteiger partial charge in [-0.25, -0.2) is 9.79 Å². The zero-order valence-corrected chi connectivity index (χ0v) is 8.55. The van der Waals surface area contributed by atoms with Gasteiger partial charge in [0.05, 0.1) is 6.54 Å². The SMILES string of the molecule is O=C=NC/C=C\CC1CCSCC1. The lowest BCUT2D eigenvalue weighted by atomic mass is 9.99. The molecular formula is C10H15NOS. The van der Waals surface area contributed by atoms with E-state index in [1.54, 1.807) is 0 Å². The lowest BCUT2D eigenvalue weighted by Gasteiger charge is -2.19. The number of thioether (sulfide) groups is 1. The summed E-state index contributed by atoms with van der Waals surface area (Å²) in [5.41, 5.74) is 0. The molecule has 0 atom stereocenters. The summed E-state index contributed by atoms with van der Waals surface area (Å²) in [6.07, 6.45) is 9.44. The maximum Gasteiger partial charge on any atom is 0.235 e. The molecule has 0 aromatic rings. The lowest BCUT2D eigenvalue weighted by Crippen LogP contribution is -2.08. The van der Waals surface area contributed by atoms with Gasteiger partial charge < -0.3 is 0 Å². The van der Waals surface area contributed by atoms with Crippen LogP contribution in [-0.4, -0.2) is 24.1 Å². The maximum absolute atomic E-state index is 9.74. The van der Waals surface area contributed by atoms with Crippen molar-refractivity contribution in [2.24, 2.45) is 10.9 Å². The molecule has 2 nitrogen and oxygen atoms in total. The average Bonchev–Trinajstić information content (AvgIpc) is 2.19. The summed E-state index contributed by atoms with van der Waals surface area (Å²) in [6.45, 7) is 0.491. The average molecular weight is 197 g/mol. The number of allylic oxidation sites excluding steroid dienone is 1. The first-order valence-corrected chi connectivity index (χ1v) is 5.85. The Morgan fingerprint density at radius 3 is 2.85 bits per heavy atom. The van der Waals surface area contributed by atoms with Crippen LogP contribution in [0.3, 0.4) is 0 Å². The second-order valence-corrected chi connectivity index (χ2v) is 4.42. The molecule has 0 aromatic carbocycles. The molecule has 0 amide bonds. The Kier molecular flexibility index (Phi) is 5.62. The Balaban J connectivity index is 2.09. The molecule has 1 saturated heterocycles. The highest BCUT2D eigenvalue weighted by molar-refractivity contribution is 7.99. The van der Waals surface area contributed by atoms with Gasteiger partial charge in [0.15, 0.2) is 0 Å². The van der Waals surface area contributed by atoms with E-state index < -0.39 is 0 Å². The largest absolute Gasteiger partial charge is 0.235 e. The second kappa shape index (κ2) is 6.93. The Hall–Kier alpha value is -0.530. The van der Waals surface area contributed by atoms with Crippen LogP contribution in [0.1, 0.15) is 19.3 Å². The molecule has 1 aliphatic rings. The van der Waals surface area contributed by atoms with E-state index in [2.05, 4.69) is 22.8 Å². The van der Waals surface area contributed by atoms with E-state index in [0.717, 1.165) is 12.3 Å². The van der Waals surface area contributed by atoms with Crippen LogP contribution in [-0.2, 0) is 4.79 Å². The van der Waals surface area contributed by atoms with Gasteiger partial charge in [-0.1, -0.05) is 12.2 Å². The molecule has 13 heavy (non-hydrogen) atoms. The number of isocyanates is 1. The normalized spacial score (nSPS) is 18.8.